The van der Waals surface area contributed by atoms with Gasteiger partial charge in [0, 0.05) is 0 Å². The molecule has 0 amide bonds. The van der Waals surface area contributed by atoms with Gasteiger partial charge in [-0.15, -0.1) is 0 Å². The van der Waals surface area contributed by atoms with Crippen molar-refractivity contribution in [2.45, 2.75) is 90.6 Å². The summed E-state index contributed by atoms with van der Waals surface area (Å²) in [7, 11) is -3.66. The minimum Gasteiger partial charge on any atom is -0.464 e. The highest BCUT2D eigenvalue weighted by atomic mass is 31.2. The Bertz CT molecular complexity index is 1140. The van der Waals surface area contributed by atoms with Crippen LogP contribution in [0.3, 0.4) is 0 Å². The van der Waals surface area contributed by atoms with Gasteiger partial charge in [0.25, 0.3) is 0 Å². The molecular weight excluding hydrogens is 501 g/mol. The molecule has 37 heavy (non-hydrogen) atoms. The molecule has 2 aromatic heterocycles. The van der Waals surface area contributed by atoms with Gasteiger partial charge in [0.1, 0.15) is 35.9 Å². The van der Waals surface area contributed by atoms with Gasteiger partial charge in [-0.25, -0.2) is 25.1 Å². The third-order valence-electron chi connectivity index (χ3n) is 5.92. The standard InChI is InChI=1S/C23H38N7O6P/c1-6-10-34-22(32)23(4,5)29-37(33,28-16(3)21(31)36-17-8-7-9-17)14-35-15(2)11-30-13-27-18-19(24)25-12-26-20(18)30/h12-13,15-17H,6-11,14H2,1-5H3,(H2,24,25,26)(H2,28,29,33)/t15-,16-,37+/m1/s1. The number of nitrogens with zero attached hydrogens (tertiary/aromatic N) is 4. The highest BCUT2D eigenvalue weighted by molar-refractivity contribution is 7.59. The molecule has 2 heterocycles. The smallest absolute Gasteiger partial charge is 0.326 e. The molecule has 14 heteroatoms. The molecule has 1 fully saturated rings. The van der Waals surface area contributed by atoms with Crippen molar-refractivity contribution in [3.05, 3.63) is 12.7 Å². The molecular formula is C23H38N7O6P. The van der Waals surface area contributed by atoms with Crippen LogP contribution in [0.5, 0.6) is 0 Å². The fourth-order valence-electron chi connectivity index (χ4n) is 3.69. The van der Waals surface area contributed by atoms with Crippen molar-refractivity contribution >= 4 is 36.4 Å². The summed E-state index contributed by atoms with van der Waals surface area (Å²) in [5, 5.41) is 5.72. The maximum atomic E-state index is 14.0. The lowest BCUT2D eigenvalue weighted by Crippen LogP contribution is -2.50. The first-order valence-electron chi connectivity index (χ1n) is 12.5. The van der Waals surface area contributed by atoms with Crippen molar-refractivity contribution < 1.29 is 28.4 Å². The van der Waals surface area contributed by atoms with E-state index in [0.29, 0.717) is 24.1 Å². The van der Waals surface area contributed by atoms with Crippen LogP contribution in [0, 0.1) is 0 Å². The van der Waals surface area contributed by atoms with Crippen molar-refractivity contribution in [3.63, 3.8) is 0 Å². The van der Waals surface area contributed by atoms with Gasteiger partial charge in [0.15, 0.2) is 11.5 Å². The molecule has 0 saturated heterocycles. The lowest BCUT2D eigenvalue weighted by atomic mass is 9.96. The van der Waals surface area contributed by atoms with Crippen LogP contribution < -0.4 is 15.9 Å². The summed E-state index contributed by atoms with van der Waals surface area (Å²) in [6.07, 6.45) is 5.41. The first kappa shape index (κ1) is 29.0. The molecule has 0 aliphatic heterocycles. The minimum absolute atomic E-state index is 0.108. The van der Waals surface area contributed by atoms with Crippen LogP contribution in [-0.4, -0.2) is 68.2 Å². The van der Waals surface area contributed by atoms with E-state index in [-0.39, 0.29) is 24.9 Å². The van der Waals surface area contributed by atoms with Crippen molar-refractivity contribution in [1.29, 1.82) is 0 Å². The van der Waals surface area contributed by atoms with E-state index in [1.807, 2.05) is 6.92 Å². The van der Waals surface area contributed by atoms with Gasteiger partial charge in [-0.3, -0.25) is 14.2 Å². The van der Waals surface area contributed by atoms with Crippen molar-refractivity contribution in [2.24, 2.45) is 0 Å². The minimum atomic E-state index is -3.66. The van der Waals surface area contributed by atoms with Crippen LogP contribution in [-0.2, 0) is 34.9 Å². The van der Waals surface area contributed by atoms with Crippen LogP contribution >= 0.6 is 7.44 Å². The largest absolute Gasteiger partial charge is 0.464 e. The number of carbonyl (C=O) groups excluding carboxylic acids is 2. The predicted molar refractivity (Wildman–Crippen MR) is 138 cm³/mol. The Morgan fingerprint density at radius 1 is 1.27 bits per heavy atom. The molecule has 3 atom stereocenters. The zero-order valence-corrected chi connectivity index (χ0v) is 23.0. The Kier molecular flexibility index (Phi) is 9.63. The van der Waals surface area contributed by atoms with Crippen LogP contribution in [0.4, 0.5) is 5.82 Å². The second-order valence-electron chi connectivity index (χ2n) is 9.89. The Hall–Kier alpha value is -2.60. The van der Waals surface area contributed by atoms with Crippen LogP contribution in [0.2, 0.25) is 0 Å². The zero-order chi connectivity index (χ0) is 27.2. The van der Waals surface area contributed by atoms with Gasteiger partial charge in [-0.1, -0.05) is 6.92 Å². The van der Waals surface area contributed by atoms with E-state index in [2.05, 4.69) is 25.1 Å². The summed E-state index contributed by atoms with van der Waals surface area (Å²) in [6.45, 7) is 8.98. The Morgan fingerprint density at radius 2 is 2.00 bits per heavy atom. The summed E-state index contributed by atoms with van der Waals surface area (Å²) < 4.78 is 32.5. The molecule has 4 N–H and O–H groups in total. The summed E-state index contributed by atoms with van der Waals surface area (Å²) in [6, 6.07) is -0.891. The number of imidazole rings is 1. The molecule has 3 rings (SSSR count). The Balaban J connectivity index is 1.70. The highest BCUT2D eigenvalue weighted by Gasteiger charge is 2.39. The SMILES string of the molecule is CCCOC(=O)C(C)(C)N[P@](=O)(CO[C@H](C)Cn1cnc2c(N)ncnc21)N[C@H](C)C(=O)OC1CCC1. The predicted octanol–water partition coefficient (Wildman–Crippen LogP) is 2.36. The lowest BCUT2D eigenvalue weighted by molar-refractivity contribution is -0.154. The maximum Gasteiger partial charge on any atom is 0.326 e. The fraction of sp³-hybridized carbons (Fsp3) is 0.696. The molecule has 0 radical (unpaired) electrons. The average Bonchev–Trinajstić information content (AvgIpc) is 3.21. The molecule has 0 aromatic carbocycles. The molecule has 206 valence electrons. The van der Waals surface area contributed by atoms with Gasteiger partial charge in [-0.05, 0) is 53.4 Å². The summed E-state index contributed by atoms with van der Waals surface area (Å²) in [5.41, 5.74) is 5.58. The van der Waals surface area contributed by atoms with Gasteiger partial charge in [0.05, 0.1) is 25.6 Å². The van der Waals surface area contributed by atoms with Gasteiger partial charge < -0.3 is 24.5 Å². The number of anilines is 1. The number of hydrogen-bond acceptors (Lipinski definition) is 10. The van der Waals surface area contributed by atoms with E-state index >= 15 is 0 Å². The molecule has 13 nitrogen and oxygen atoms in total. The van der Waals surface area contributed by atoms with Gasteiger partial charge in [0.2, 0.25) is 7.44 Å². The number of hydrogen-bond donors (Lipinski definition) is 3. The Morgan fingerprint density at radius 3 is 2.65 bits per heavy atom. The normalized spacial score (nSPS) is 17.5. The second kappa shape index (κ2) is 12.3. The summed E-state index contributed by atoms with van der Waals surface area (Å²) in [4.78, 5) is 37.6. The molecule has 0 bridgehead atoms. The number of aromatic nitrogens is 4. The first-order valence-corrected chi connectivity index (χ1v) is 14.4. The number of carbonyl (C=O) groups is 2. The monoisotopic (exact) mass is 539 g/mol. The van der Waals surface area contributed by atoms with Gasteiger partial charge >= 0.3 is 11.9 Å². The topological polar surface area (TPSA) is 173 Å². The average molecular weight is 540 g/mol. The van der Waals surface area contributed by atoms with E-state index < -0.39 is 37.1 Å². The molecule has 0 spiro atoms. The van der Waals surface area contributed by atoms with Crippen LogP contribution in [0.1, 0.15) is 60.3 Å². The van der Waals surface area contributed by atoms with E-state index in [1.165, 1.54) is 6.33 Å². The number of rotatable bonds is 14. The quantitative estimate of drug-likeness (QED) is 0.237. The number of esters is 2. The fourth-order valence-corrected chi connectivity index (χ4v) is 6.08. The number of nitrogens with one attached hydrogen (secondary N) is 2. The second-order valence-corrected chi connectivity index (χ2v) is 12.1. The third-order valence-corrected chi connectivity index (χ3v) is 8.16. The van der Waals surface area contributed by atoms with Gasteiger partial charge in [-0.2, -0.15) is 0 Å². The van der Waals surface area contributed by atoms with E-state index in [1.54, 1.807) is 38.6 Å². The van der Waals surface area contributed by atoms with Crippen LogP contribution in [0.15, 0.2) is 12.7 Å². The van der Waals surface area contributed by atoms with Crippen LogP contribution in [0.25, 0.3) is 11.2 Å². The van der Waals surface area contributed by atoms with E-state index in [9.17, 15) is 14.2 Å². The Labute approximate surface area is 216 Å². The van der Waals surface area contributed by atoms with Crippen molar-refractivity contribution in [2.75, 3.05) is 18.7 Å². The molecule has 1 aliphatic carbocycles. The maximum absolute atomic E-state index is 14.0. The number of ether oxygens (including phenoxy) is 3. The molecule has 0 unspecified atom stereocenters. The zero-order valence-electron chi connectivity index (χ0n) is 22.1. The number of nitrogen functional groups attached to an aromatic ring is 1. The number of nitrogens with two attached hydrogens (primary N) is 1. The first-order chi connectivity index (χ1) is 17.4. The summed E-state index contributed by atoms with van der Waals surface area (Å²) in [5.74, 6) is -0.792. The van der Waals surface area contributed by atoms with E-state index in [0.717, 1.165) is 19.3 Å². The van der Waals surface area contributed by atoms with Crippen molar-refractivity contribution in [3.8, 4) is 0 Å². The third kappa shape index (κ3) is 7.70. The molecule has 2 aromatic rings. The highest BCUT2D eigenvalue weighted by Crippen LogP contribution is 2.40. The molecule has 1 saturated carbocycles. The van der Waals surface area contributed by atoms with Crippen molar-refractivity contribution in [1.82, 2.24) is 29.7 Å². The van der Waals surface area contributed by atoms with E-state index in [4.69, 9.17) is 19.9 Å². The lowest BCUT2D eigenvalue weighted by Gasteiger charge is -2.33. The summed E-state index contributed by atoms with van der Waals surface area (Å²) >= 11 is 0. The molecule has 1 aliphatic rings. The number of fused-ring (bicyclic) bond motifs is 1.